The van der Waals surface area contributed by atoms with E-state index in [0.29, 0.717) is 0 Å². The number of hydrogen-bond acceptors (Lipinski definition) is 15. The van der Waals surface area contributed by atoms with Gasteiger partial charge in [0.15, 0.2) is 6.23 Å². The number of nitrogens with zero attached hydrogens (tertiary/aromatic N) is 8. The molecule has 99 heavy (non-hydrogen) atoms. The number of nitrogens with one attached hydrogen (secondary N) is 3. The number of allylic oxidation sites excluding steroid dienone is 2. The first-order chi connectivity index (χ1) is 46.0. The van der Waals surface area contributed by atoms with E-state index in [1.54, 1.807) is 60.6 Å². The van der Waals surface area contributed by atoms with E-state index in [2.05, 4.69) is 22.5 Å². The molecule has 2 unspecified atom stereocenters. The maximum absolute atomic E-state index is 16.3. The Bertz CT molecular complexity index is 3030. The smallest absolute Gasteiger partial charge is 0.338 e. The van der Waals surface area contributed by atoms with Gasteiger partial charge >= 0.3 is 5.97 Å². The van der Waals surface area contributed by atoms with Gasteiger partial charge in [0.05, 0.1) is 24.3 Å². The van der Waals surface area contributed by atoms with Crippen molar-refractivity contribution in [2.45, 2.75) is 229 Å². The first kappa shape index (κ1) is 85.5. The fourth-order valence-electron chi connectivity index (χ4n) is 12.7. The summed E-state index contributed by atoms with van der Waals surface area (Å²) in [5.41, 5.74) is 0.396. The van der Waals surface area contributed by atoms with Crippen LogP contribution in [0.3, 0.4) is 0 Å². The molecule has 0 aromatic heterocycles. The highest BCUT2D eigenvalue weighted by Gasteiger charge is 2.54. The minimum Gasteiger partial charge on any atom is -0.458 e. The van der Waals surface area contributed by atoms with Gasteiger partial charge in [-0.2, -0.15) is 0 Å². The number of hydrogen-bond donors (Lipinski definition) is 4. The molecule has 0 aliphatic carbocycles. The third kappa shape index (κ3) is 22.1. The van der Waals surface area contributed by atoms with E-state index in [0.717, 1.165) is 14.7 Å². The number of fused-ring (bicyclic) bond motifs is 1. The average molecular weight is 1390 g/mol. The predicted octanol–water partition coefficient (Wildman–Crippen LogP) is 5.03. The van der Waals surface area contributed by atoms with Crippen LogP contribution < -0.4 is 16.0 Å². The molecule has 0 radical (unpaired) electrons. The lowest BCUT2D eigenvalue weighted by Gasteiger charge is -2.43. The fraction of sp³-hybridized carbons (Fsp3) is 0.699. The Kier molecular flexibility index (Phi) is 33.0. The van der Waals surface area contributed by atoms with Crippen molar-refractivity contribution in [1.82, 2.24) is 55.1 Å². The molecule has 0 saturated carbocycles. The molecular formula is C73H119N11O15. The molecule has 4 N–H and O–H groups in total. The number of likely N-dealkylation sites (N-methyl/N-ethyl adjacent to an activating group) is 7. The lowest BCUT2D eigenvalue weighted by Crippen LogP contribution is -2.64. The zero-order valence-electron chi connectivity index (χ0n) is 63.5. The minimum atomic E-state index is -1.82. The second-order valence-electron chi connectivity index (χ2n) is 29.5. The van der Waals surface area contributed by atoms with Crippen LogP contribution in [-0.2, 0) is 62.2 Å². The zero-order valence-corrected chi connectivity index (χ0v) is 63.5. The SMILES string of the molecule is C=CCOC(=O)c1ccc(C2O[C@@H](C)[C@@H]3C(=O)N(C)CC(=O)N(C)[C@@H](CC(C)C)C(=O)N[C@@H](C(C)C)C(=O)N(C)C(CC(C)C)C(=O)N[C@@H](C)C(=O)N[C@H](C)C(=O)N(C)[C@@H](CC(C)C)C(=O)N(C)[C@@H](CC(C)C)C(=O)N(C)[C@@H](C(C)C)C(=O)N(C)[C@@H]([C@H](O)[C@H](C)C/C=C/C)C(=O)N23)cc1. The molecule has 14 atom stereocenters. The first-order valence-electron chi connectivity index (χ1n) is 34.9. The summed E-state index contributed by atoms with van der Waals surface area (Å²) in [6.07, 6.45) is 1.35. The molecule has 1 aromatic rings. The number of aliphatic hydroxyl groups is 1. The Morgan fingerprint density at radius 3 is 1.49 bits per heavy atom. The quantitative estimate of drug-likeness (QED) is 0.111. The Morgan fingerprint density at radius 2 is 1.01 bits per heavy atom. The number of rotatable bonds is 18. The zero-order chi connectivity index (χ0) is 75.7. The van der Waals surface area contributed by atoms with Crippen molar-refractivity contribution in [3.63, 3.8) is 0 Å². The van der Waals surface area contributed by atoms with Crippen LogP contribution in [0.2, 0.25) is 0 Å². The summed E-state index contributed by atoms with van der Waals surface area (Å²) in [4.78, 5) is 188. The van der Waals surface area contributed by atoms with Gasteiger partial charge in [-0.15, -0.1) is 0 Å². The topological polar surface area (TPSA) is 306 Å². The maximum atomic E-state index is 16.3. The highest BCUT2D eigenvalue weighted by molar-refractivity contribution is 6.00. The molecule has 1 aromatic carbocycles. The number of amides is 11. The van der Waals surface area contributed by atoms with Crippen molar-refractivity contribution >= 4 is 70.9 Å². The van der Waals surface area contributed by atoms with E-state index in [1.807, 2.05) is 55.4 Å². The molecule has 11 amide bonds. The summed E-state index contributed by atoms with van der Waals surface area (Å²) < 4.78 is 11.9. The van der Waals surface area contributed by atoms with Gasteiger partial charge in [0, 0.05) is 54.9 Å². The number of aliphatic hydroxyl groups excluding tert-OH is 1. The molecule has 2 aliphatic rings. The van der Waals surface area contributed by atoms with Gasteiger partial charge in [0.1, 0.15) is 67.0 Å². The summed E-state index contributed by atoms with van der Waals surface area (Å²) >= 11 is 0. The van der Waals surface area contributed by atoms with E-state index in [-0.39, 0.29) is 73.5 Å². The van der Waals surface area contributed by atoms with E-state index in [4.69, 9.17) is 9.47 Å². The monoisotopic (exact) mass is 1390 g/mol. The van der Waals surface area contributed by atoms with Crippen LogP contribution in [0.1, 0.15) is 172 Å². The molecule has 0 bridgehead atoms. The van der Waals surface area contributed by atoms with Gasteiger partial charge in [-0.3, -0.25) is 57.6 Å². The Labute approximate surface area is 588 Å². The first-order valence-corrected chi connectivity index (χ1v) is 34.9. The average Bonchev–Trinajstić information content (AvgIpc) is 1.65. The molecular weight excluding hydrogens is 1270 g/mol. The normalized spacial score (nSPS) is 26.8. The highest BCUT2D eigenvalue weighted by atomic mass is 16.5. The van der Waals surface area contributed by atoms with Gasteiger partial charge in [0.25, 0.3) is 5.91 Å². The molecule has 2 fully saturated rings. The van der Waals surface area contributed by atoms with Crippen LogP contribution in [0, 0.1) is 41.4 Å². The van der Waals surface area contributed by atoms with E-state index < -0.39 is 174 Å². The molecule has 26 nitrogen and oxygen atoms in total. The van der Waals surface area contributed by atoms with Crippen molar-refractivity contribution in [3.8, 4) is 0 Å². The number of esters is 1. The summed E-state index contributed by atoms with van der Waals surface area (Å²) in [6, 6.07) is -7.43. The highest BCUT2D eigenvalue weighted by Crippen LogP contribution is 2.38. The van der Waals surface area contributed by atoms with Crippen molar-refractivity contribution in [1.29, 1.82) is 0 Å². The second-order valence-corrected chi connectivity index (χ2v) is 29.5. The van der Waals surface area contributed by atoms with Crippen LogP contribution in [0.4, 0.5) is 0 Å². The standard InChI is InChI=1S/C73H119N11O15/c1-26-28-29-46(15)61(86)60-71(96)84-59(49(18)99-72(84)50-30-32-51(33-31-50)73(97)98-34-27-2)69(94)77(19)39-56(85)78(20)52(35-40(3)4)64(89)76-57(44(11)12)68(93)79(21)53(36-41(5)6)63(88)74-47(16)62(87)75-48(17)65(90)80(22)54(37-42(7)8)66(91)81(23)55(38-43(9)10)67(92)82(24)58(45(13)14)70(95)83(60)25/h26-28,30-33,40-49,52-55,57-61,72,86H,2,29,34-39H2,1,3-25H3,(H,74,88)(H,75,87)(H,76,89)/b28-26+/t46-,47+,48-,49+,52+,53?,54+,55+,57+,58+,59-,60+,61-,72?/m1/s1. The summed E-state index contributed by atoms with van der Waals surface area (Å²) in [7, 11) is 9.78. The third-order valence-electron chi connectivity index (χ3n) is 18.6. The molecule has 0 spiro atoms. The van der Waals surface area contributed by atoms with Crippen LogP contribution in [0.15, 0.2) is 49.1 Å². The molecule has 3 rings (SSSR count). The number of carbonyl (C=O) groups is 12. The van der Waals surface area contributed by atoms with Crippen molar-refractivity contribution in [2.24, 2.45) is 41.4 Å². The molecule has 2 aliphatic heterocycles. The van der Waals surface area contributed by atoms with Crippen molar-refractivity contribution in [3.05, 3.63) is 60.2 Å². The van der Waals surface area contributed by atoms with Crippen molar-refractivity contribution < 1.29 is 72.1 Å². The van der Waals surface area contributed by atoms with E-state index in [1.165, 1.54) is 118 Å². The number of ether oxygens (including phenoxy) is 2. The van der Waals surface area contributed by atoms with Crippen LogP contribution in [0.25, 0.3) is 0 Å². The minimum absolute atomic E-state index is 0.0755. The third-order valence-corrected chi connectivity index (χ3v) is 18.6. The maximum Gasteiger partial charge on any atom is 0.338 e. The largest absolute Gasteiger partial charge is 0.458 e. The molecule has 26 heteroatoms. The van der Waals surface area contributed by atoms with Crippen LogP contribution >= 0.6 is 0 Å². The Balaban J connectivity index is 2.50. The van der Waals surface area contributed by atoms with Crippen LogP contribution in [0.5, 0.6) is 0 Å². The van der Waals surface area contributed by atoms with E-state index >= 15 is 24.0 Å². The summed E-state index contributed by atoms with van der Waals surface area (Å²) in [5.74, 6) is -11.5. The van der Waals surface area contributed by atoms with Crippen LogP contribution in [-0.4, -0.2) is 250 Å². The molecule has 2 heterocycles. The predicted molar refractivity (Wildman–Crippen MR) is 377 cm³/mol. The van der Waals surface area contributed by atoms with Gasteiger partial charge in [-0.1, -0.05) is 127 Å². The number of benzene rings is 1. The summed E-state index contributed by atoms with van der Waals surface area (Å²) in [6.45, 7) is 32.4. The van der Waals surface area contributed by atoms with Gasteiger partial charge < -0.3 is 64.8 Å². The van der Waals surface area contributed by atoms with Crippen molar-refractivity contribution in [2.75, 3.05) is 62.5 Å². The molecule has 556 valence electrons. The van der Waals surface area contributed by atoms with E-state index in [9.17, 15) is 38.7 Å². The lowest BCUT2D eigenvalue weighted by molar-refractivity contribution is -0.162. The molecule has 2 saturated heterocycles. The Morgan fingerprint density at radius 1 is 0.556 bits per heavy atom. The van der Waals surface area contributed by atoms with Gasteiger partial charge in [-0.25, -0.2) is 4.79 Å². The second kappa shape index (κ2) is 38.2. The van der Waals surface area contributed by atoms with Gasteiger partial charge in [-0.05, 0) is 113 Å². The Hall–Kier alpha value is -7.74. The number of carbonyl (C=O) groups excluding carboxylic acids is 12. The van der Waals surface area contributed by atoms with Gasteiger partial charge in [0.2, 0.25) is 59.1 Å². The fourth-order valence-corrected chi connectivity index (χ4v) is 12.7. The lowest BCUT2D eigenvalue weighted by atomic mass is 9.90. The summed E-state index contributed by atoms with van der Waals surface area (Å²) in [5, 5.41) is 21.0.